The first-order valence-electron chi connectivity index (χ1n) is 10.3. The van der Waals surface area contributed by atoms with Crippen molar-refractivity contribution >= 4 is 51.2 Å². The molecule has 0 unspecified atom stereocenters. The number of anilines is 1. The number of nitrogens with zero attached hydrogens (tertiary/aromatic N) is 1. The van der Waals surface area contributed by atoms with Crippen LogP contribution in [0, 0.1) is 17.2 Å². The van der Waals surface area contributed by atoms with Crippen molar-refractivity contribution in [2.75, 3.05) is 24.8 Å². The lowest BCUT2D eigenvalue weighted by atomic mass is 9.78. The molecule has 2 aromatic rings. The number of methoxy groups -OCH3 is 1. The highest BCUT2D eigenvalue weighted by Gasteiger charge is 2.44. The predicted molar refractivity (Wildman–Crippen MR) is 132 cm³/mol. The van der Waals surface area contributed by atoms with E-state index in [1.54, 1.807) is 48.5 Å². The number of carbonyl (C=O) groups is 3. The molecule has 1 heterocycles. The molecule has 2 atom stereocenters. The van der Waals surface area contributed by atoms with Gasteiger partial charge in [0.25, 0.3) is 0 Å². The number of hydrogen-bond acceptors (Lipinski definition) is 7. The summed E-state index contributed by atoms with van der Waals surface area (Å²) in [6.07, 6.45) is 0. The van der Waals surface area contributed by atoms with E-state index in [0.717, 1.165) is 16.2 Å². The molecule has 34 heavy (non-hydrogen) atoms. The van der Waals surface area contributed by atoms with E-state index < -0.39 is 23.7 Å². The molecule has 0 fully saturated rings. The number of esters is 1. The van der Waals surface area contributed by atoms with Crippen molar-refractivity contribution in [3.05, 3.63) is 69.2 Å². The van der Waals surface area contributed by atoms with Crippen LogP contribution in [0.4, 0.5) is 5.69 Å². The van der Waals surface area contributed by atoms with Gasteiger partial charge in [0.2, 0.25) is 11.8 Å². The van der Waals surface area contributed by atoms with Crippen molar-refractivity contribution in [1.29, 1.82) is 5.26 Å². The molecule has 0 radical (unpaired) electrons. The summed E-state index contributed by atoms with van der Waals surface area (Å²) >= 11 is 4.41. The molecule has 8 nitrogen and oxygen atoms in total. The standard InChI is InChI=1S/C24H22BrN3O5S/c1-3-33-17-9-7-16(8-10-17)27-19(29)13-34-23-18(12-26)20(14-5-4-6-15(25)11-14)21(22(30)28-23)24(31)32-2/h4-11,20-21H,3,13H2,1-2H3,(H,27,29)(H,28,30)/t20-,21-/m1/s1. The minimum atomic E-state index is -1.23. The topological polar surface area (TPSA) is 118 Å². The van der Waals surface area contributed by atoms with Gasteiger partial charge in [-0.25, -0.2) is 0 Å². The third-order valence-corrected chi connectivity index (χ3v) is 6.50. The molecular weight excluding hydrogens is 522 g/mol. The van der Waals surface area contributed by atoms with Crippen LogP contribution in [0.3, 0.4) is 0 Å². The van der Waals surface area contributed by atoms with Gasteiger partial charge in [0.1, 0.15) is 11.7 Å². The number of allylic oxidation sites excluding steroid dienone is 1. The lowest BCUT2D eigenvalue weighted by Crippen LogP contribution is -2.44. The number of hydrogen-bond donors (Lipinski definition) is 2. The first-order chi connectivity index (χ1) is 16.4. The van der Waals surface area contributed by atoms with E-state index in [-0.39, 0.29) is 22.3 Å². The van der Waals surface area contributed by atoms with Gasteiger partial charge in [-0.1, -0.05) is 39.8 Å². The molecule has 0 saturated carbocycles. The predicted octanol–water partition coefficient (Wildman–Crippen LogP) is 3.96. The van der Waals surface area contributed by atoms with Crippen LogP contribution >= 0.6 is 27.7 Å². The number of benzene rings is 2. The summed E-state index contributed by atoms with van der Waals surface area (Å²) in [5.74, 6) is -3.08. The SMILES string of the molecule is CCOc1ccc(NC(=O)CSC2=C(C#N)[C@@H](c3cccc(Br)c3)[C@@H](C(=O)OC)C(=O)N2)cc1. The van der Waals surface area contributed by atoms with E-state index in [4.69, 9.17) is 9.47 Å². The van der Waals surface area contributed by atoms with E-state index in [9.17, 15) is 19.6 Å². The van der Waals surface area contributed by atoms with Crippen LogP contribution in [0.25, 0.3) is 0 Å². The molecule has 10 heteroatoms. The molecule has 2 aromatic carbocycles. The van der Waals surface area contributed by atoms with Gasteiger partial charge in [-0.2, -0.15) is 5.26 Å². The Morgan fingerprint density at radius 3 is 2.59 bits per heavy atom. The van der Waals surface area contributed by atoms with Crippen molar-refractivity contribution in [3.63, 3.8) is 0 Å². The van der Waals surface area contributed by atoms with Gasteiger partial charge in [0, 0.05) is 16.1 Å². The lowest BCUT2D eigenvalue weighted by molar-refractivity contribution is -0.150. The summed E-state index contributed by atoms with van der Waals surface area (Å²) in [6.45, 7) is 2.43. The van der Waals surface area contributed by atoms with Gasteiger partial charge in [0.05, 0.1) is 36.1 Å². The maximum atomic E-state index is 12.9. The molecule has 3 rings (SSSR count). The number of amides is 2. The van der Waals surface area contributed by atoms with Crippen LogP contribution in [-0.2, 0) is 19.1 Å². The zero-order valence-corrected chi connectivity index (χ0v) is 20.9. The minimum absolute atomic E-state index is 0.0535. The minimum Gasteiger partial charge on any atom is -0.494 e. The van der Waals surface area contributed by atoms with Gasteiger partial charge in [-0.3, -0.25) is 14.4 Å². The third-order valence-electron chi connectivity index (χ3n) is 4.99. The highest BCUT2D eigenvalue weighted by Crippen LogP contribution is 2.40. The molecule has 0 bridgehead atoms. The number of nitriles is 1. The van der Waals surface area contributed by atoms with Crippen molar-refractivity contribution in [2.24, 2.45) is 5.92 Å². The number of thioether (sulfide) groups is 1. The Kier molecular flexibility index (Phi) is 8.73. The van der Waals surface area contributed by atoms with Crippen molar-refractivity contribution in [2.45, 2.75) is 12.8 Å². The maximum Gasteiger partial charge on any atom is 0.319 e. The maximum absolute atomic E-state index is 12.9. The summed E-state index contributed by atoms with van der Waals surface area (Å²) in [4.78, 5) is 37.8. The number of halogens is 1. The highest BCUT2D eigenvalue weighted by atomic mass is 79.9. The smallest absolute Gasteiger partial charge is 0.319 e. The van der Waals surface area contributed by atoms with Crippen LogP contribution in [-0.4, -0.2) is 37.3 Å². The van der Waals surface area contributed by atoms with Crippen LogP contribution in [0.1, 0.15) is 18.4 Å². The number of rotatable bonds is 8. The monoisotopic (exact) mass is 543 g/mol. The Labute approximate surface area is 209 Å². The van der Waals surface area contributed by atoms with Gasteiger partial charge in [-0.05, 0) is 48.9 Å². The van der Waals surface area contributed by atoms with Crippen LogP contribution in [0.5, 0.6) is 5.75 Å². The van der Waals surface area contributed by atoms with Crippen LogP contribution in [0.2, 0.25) is 0 Å². The van der Waals surface area contributed by atoms with Gasteiger partial charge < -0.3 is 20.1 Å². The van der Waals surface area contributed by atoms with Gasteiger partial charge in [-0.15, -0.1) is 0 Å². The second kappa shape index (κ2) is 11.7. The molecule has 1 aliphatic heterocycles. The molecule has 0 aliphatic carbocycles. The molecule has 2 amide bonds. The van der Waals surface area contributed by atoms with E-state index in [2.05, 4.69) is 32.6 Å². The van der Waals surface area contributed by atoms with Crippen molar-refractivity contribution < 1.29 is 23.9 Å². The summed E-state index contributed by atoms with van der Waals surface area (Å²) in [7, 11) is 1.19. The molecule has 2 N–H and O–H groups in total. The van der Waals surface area contributed by atoms with E-state index in [1.807, 2.05) is 6.92 Å². The molecule has 1 aliphatic rings. The van der Waals surface area contributed by atoms with E-state index in [1.165, 1.54) is 7.11 Å². The second-order valence-electron chi connectivity index (χ2n) is 7.17. The van der Waals surface area contributed by atoms with Crippen molar-refractivity contribution in [3.8, 4) is 11.8 Å². The van der Waals surface area contributed by atoms with E-state index in [0.29, 0.717) is 23.6 Å². The lowest BCUT2D eigenvalue weighted by Gasteiger charge is -2.31. The molecule has 0 saturated heterocycles. The largest absolute Gasteiger partial charge is 0.494 e. The highest BCUT2D eigenvalue weighted by molar-refractivity contribution is 9.10. The molecule has 0 spiro atoms. The average molecular weight is 544 g/mol. The van der Waals surface area contributed by atoms with E-state index >= 15 is 0 Å². The fraction of sp³-hybridized carbons (Fsp3) is 0.250. The normalized spacial score (nSPS) is 17.4. The fourth-order valence-corrected chi connectivity index (χ4v) is 4.78. The Bertz CT molecular complexity index is 1160. The number of nitrogens with one attached hydrogen (secondary N) is 2. The van der Waals surface area contributed by atoms with Gasteiger partial charge in [0.15, 0.2) is 0 Å². The first kappa shape index (κ1) is 25.3. The second-order valence-corrected chi connectivity index (χ2v) is 9.07. The summed E-state index contributed by atoms with van der Waals surface area (Å²) in [6, 6.07) is 16.1. The van der Waals surface area contributed by atoms with Crippen LogP contribution < -0.4 is 15.4 Å². The number of ether oxygens (including phenoxy) is 2. The molecule has 176 valence electrons. The Balaban J connectivity index is 1.82. The zero-order chi connectivity index (χ0) is 24.7. The molecular formula is C24H22BrN3O5S. The summed E-state index contributed by atoms with van der Waals surface area (Å²) in [5, 5.41) is 15.6. The average Bonchev–Trinajstić information content (AvgIpc) is 2.83. The Morgan fingerprint density at radius 2 is 1.97 bits per heavy atom. The van der Waals surface area contributed by atoms with Crippen molar-refractivity contribution in [1.82, 2.24) is 5.32 Å². The molecule has 0 aromatic heterocycles. The summed E-state index contributed by atoms with van der Waals surface area (Å²) < 4.78 is 11.0. The Hall–Kier alpha value is -3.29. The van der Waals surface area contributed by atoms with Crippen LogP contribution in [0.15, 0.2) is 63.6 Å². The third kappa shape index (κ3) is 5.98. The first-order valence-corrected chi connectivity index (χ1v) is 12.1. The zero-order valence-electron chi connectivity index (χ0n) is 18.5. The Morgan fingerprint density at radius 1 is 1.24 bits per heavy atom. The quantitative estimate of drug-likeness (QED) is 0.382. The van der Waals surface area contributed by atoms with Gasteiger partial charge >= 0.3 is 5.97 Å². The fourth-order valence-electron chi connectivity index (χ4n) is 3.52. The summed E-state index contributed by atoms with van der Waals surface area (Å²) in [5.41, 5.74) is 1.38. The number of carbonyl (C=O) groups excluding carboxylic acids is 3.